The summed E-state index contributed by atoms with van der Waals surface area (Å²) in [5.74, 6) is -0.645. The molecule has 1 rings (SSSR count). The highest BCUT2D eigenvalue weighted by atomic mass is 79.9. The quantitative estimate of drug-likeness (QED) is 0.712. The molecular formula is C12H17BrNO4P. The van der Waals surface area contributed by atoms with Crippen LogP contribution in [-0.4, -0.2) is 20.9 Å². The van der Waals surface area contributed by atoms with Gasteiger partial charge in [-0.3, -0.25) is 9.36 Å². The van der Waals surface area contributed by atoms with Crippen LogP contribution in [0.15, 0.2) is 28.7 Å². The monoisotopic (exact) mass is 349 g/mol. The van der Waals surface area contributed by atoms with E-state index in [-0.39, 0.29) is 12.8 Å². The fourth-order valence-corrected chi connectivity index (χ4v) is 3.30. The minimum Gasteiger partial charge on any atom is -0.325 e. The summed E-state index contributed by atoms with van der Waals surface area (Å²) >= 11 is 3.27. The van der Waals surface area contributed by atoms with Crippen molar-refractivity contribution in [2.24, 2.45) is 0 Å². The van der Waals surface area contributed by atoms with Crippen molar-refractivity contribution in [3.8, 4) is 0 Å². The number of anilines is 1. The molecule has 1 amide bonds. The average molecular weight is 350 g/mol. The van der Waals surface area contributed by atoms with E-state index in [9.17, 15) is 19.1 Å². The molecule has 3 N–H and O–H groups in total. The van der Waals surface area contributed by atoms with Gasteiger partial charge < -0.3 is 15.1 Å². The third-order valence-corrected chi connectivity index (χ3v) is 5.73. The van der Waals surface area contributed by atoms with Gasteiger partial charge in [0.05, 0.1) is 0 Å². The molecule has 0 saturated heterocycles. The molecule has 0 aliphatic heterocycles. The number of benzene rings is 1. The molecule has 7 heteroatoms. The molecule has 0 aliphatic rings. The number of carbonyl (C=O) groups is 1. The van der Waals surface area contributed by atoms with Gasteiger partial charge >= 0.3 is 7.60 Å². The normalized spacial score (nSPS) is 12.3. The zero-order chi connectivity index (χ0) is 14.7. The first-order chi connectivity index (χ1) is 8.76. The van der Waals surface area contributed by atoms with Gasteiger partial charge in [0.15, 0.2) is 0 Å². The molecule has 1 aromatic rings. The minimum absolute atomic E-state index is 0.0795. The van der Waals surface area contributed by atoms with Crippen molar-refractivity contribution in [1.82, 2.24) is 0 Å². The van der Waals surface area contributed by atoms with Crippen molar-refractivity contribution in [3.63, 3.8) is 0 Å². The number of hydrogen-bond donors (Lipinski definition) is 3. The second-order valence-corrected chi connectivity index (χ2v) is 7.10. The Morgan fingerprint density at radius 2 is 1.74 bits per heavy atom. The minimum atomic E-state index is -4.53. The molecule has 0 radical (unpaired) electrons. The molecule has 1 aromatic carbocycles. The summed E-state index contributed by atoms with van der Waals surface area (Å²) in [5.41, 5.74) is 0.507. The smallest absolute Gasteiger partial charge is 0.325 e. The Balaban J connectivity index is 3.02. The highest BCUT2D eigenvalue weighted by Crippen LogP contribution is 2.54. The van der Waals surface area contributed by atoms with Gasteiger partial charge in [-0.1, -0.05) is 29.8 Å². The van der Waals surface area contributed by atoms with E-state index in [1.54, 1.807) is 38.1 Å². The number of amides is 1. The Hall–Kier alpha value is -0.680. The fourth-order valence-electron chi connectivity index (χ4n) is 1.90. The topological polar surface area (TPSA) is 86.6 Å². The second kappa shape index (κ2) is 6.18. The summed E-state index contributed by atoms with van der Waals surface area (Å²) < 4.78 is 12.5. The highest BCUT2D eigenvalue weighted by molar-refractivity contribution is 9.10. The fraction of sp³-hybridized carbons (Fsp3) is 0.417. The van der Waals surface area contributed by atoms with E-state index in [0.717, 1.165) is 4.47 Å². The summed E-state index contributed by atoms with van der Waals surface area (Å²) in [4.78, 5) is 31.1. The van der Waals surface area contributed by atoms with Crippen LogP contribution in [0.2, 0.25) is 0 Å². The zero-order valence-electron chi connectivity index (χ0n) is 10.8. The first-order valence-electron chi connectivity index (χ1n) is 5.89. The van der Waals surface area contributed by atoms with Crippen LogP contribution in [-0.2, 0) is 9.36 Å². The number of hydrogen-bond acceptors (Lipinski definition) is 2. The van der Waals surface area contributed by atoms with Crippen molar-refractivity contribution in [3.05, 3.63) is 28.7 Å². The maximum atomic E-state index is 12.2. The van der Waals surface area contributed by atoms with Crippen LogP contribution < -0.4 is 5.32 Å². The van der Waals surface area contributed by atoms with Gasteiger partial charge in [0.1, 0.15) is 5.16 Å². The van der Waals surface area contributed by atoms with Crippen molar-refractivity contribution in [2.75, 3.05) is 5.32 Å². The molecule has 106 valence electrons. The SMILES string of the molecule is CCC(CC)(C(=O)Nc1ccc(Br)cc1)P(=O)(O)O. The molecule has 0 aliphatic carbocycles. The van der Waals surface area contributed by atoms with E-state index in [4.69, 9.17) is 0 Å². The van der Waals surface area contributed by atoms with Crippen LogP contribution >= 0.6 is 23.5 Å². The van der Waals surface area contributed by atoms with Crippen LogP contribution in [0.3, 0.4) is 0 Å². The first-order valence-corrected chi connectivity index (χ1v) is 8.30. The summed E-state index contributed by atoms with van der Waals surface area (Å²) in [7, 11) is -4.53. The lowest BCUT2D eigenvalue weighted by atomic mass is 10.0. The lowest BCUT2D eigenvalue weighted by molar-refractivity contribution is -0.119. The summed E-state index contributed by atoms with van der Waals surface area (Å²) in [6, 6.07) is 6.81. The molecule has 0 unspecified atom stereocenters. The molecule has 0 fully saturated rings. The molecule has 0 spiro atoms. The van der Waals surface area contributed by atoms with E-state index in [0.29, 0.717) is 5.69 Å². The predicted octanol–water partition coefficient (Wildman–Crippen LogP) is 3.12. The van der Waals surface area contributed by atoms with Crippen molar-refractivity contribution in [1.29, 1.82) is 0 Å². The summed E-state index contributed by atoms with van der Waals surface area (Å²) in [5, 5.41) is 0.900. The largest absolute Gasteiger partial charge is 0.341 e. The van der Waals surface area contributed by atoms with Gasteiger partial charge in [-0.05, 0) is 37.1 Å². The van der Waals surface area contributed by atoms with Gasteiger partial charge in [-0.15, -0.1) is 0 Å². The van der Waals surface area contributed by atoms with Crippen LogP contribution in [0.4, 0.5) is 5.69 Å². The molecule has 0 aromatic heterocycles. The van der Waals surface area contributed by atoms with Crippen LogP contribution in [0.5, 0.6) is 0 Å². The van der Waals surface area contributed by atoms with Gasteiger partial charge in [-0.2, -0.15) is 0 Å². The summed E-state index contributed by atoms with van der Waals surface area (Å²) in [6.45, 7) is 3.20. The van der Waals surface area contributed by atoms with Gasteiger partial charge in [0, 0.05) is 10.2 Å². The van der Waals surface area contributed by atoms with E-state index in [1.807, 2.05) is 0 Å². The van der Waals surface area contributed by atoms with Gasteiger partial charge in [-0.25, -0.2) is 0 Å². The lowest BCUT2D eigenvalue weighted by Crippen LogP contribution is -2.41. The zero-order valence-corrected chi connectivity index (χ0v) is 13.2. The number of carbonyl (C=O) groups excluding carboxylic acids is 1. The van der Waals surface area contributed by atoms with Gasteiger partial charge in [0.2, 0.25) is 5.91 Å². The second-order valence-electron chi connectivity index (χ2n) is 4.24. The Morgan fingerprint density at radius 1 is 1.26 bits per heavy atom. The standard InChI is InChI=1S/C12H17BrNO4P/c1-3-12(4-2,19(16,17)18)11(15)14-10-7-5-9(13)6-8-10/h5-8H,3-4H2,1-2H3,(H,14,15)(H2,16,17,18). The molecular weight excluding hydrogens is 333 g/mol. The Bertz CT molecular complexity index is 493. The molecule has 0 heterocycles. The lowest BCUT2D eigenvalue weighted by Gasteiger charge is -2.30. The van der Waals surface area contributed by atoms with Crippen molar-refractivity contribution < 1.29 is 19.1 Å². The molecule has 0 saturated carbocycles. The van der Waals surface area contributed by atoms with Crippen LogP contribution in [0.25, 0.3) is 0 Å². The van der Waals surface area contributed by atoms with Crippen molar-refractivity contribution >= 4 is 35.1 Å². The summed E-state index contributed by atoms with van der Waals surface area (Å²) in [6.07, 6.45) is 0.159. The van der Waals surface area contributed by atoms with Gasteiger partial charge in [0.25, 0.3) is 0 Å². The number of nitrogens with one attached hydrogen (secondary N) is 1. The predicted molar refractivity (Wildman–Crippen MR) is 78.1 cm³/mol. The highest BCUT2D eigenvalue weighted by Gasteiger charge is 2.50. The average Bonchev–Trinajstić information content (AvgIpc) is 2.32. The van der Waals surface area contributed by atoms with Crippen molar-refractivity contribution in [2.45, 2.75) is 31.8 Å². The van der Waals surface area contributed by atoms with E-state index >= 15 is 0 Å². The maximum Gasteiger partial charge on any atom is 0.341 e. The third-order valence-electron chi connectivity index (χ3n) is 3.25. The first kappa shape index (κ1) is 16.4. The van der Waals surface area contributed by atoms with Crippen LogP contribution in [0.1, 0.15) is 26.7 Å². The van der Waals surface area contributed by atoms with E-state index < -0.39 is 18.7 Å². The third kappa shape index (κ3) is 3.45. The van der Waals surface area contributed by atoms with Crippen LogP contribution in [0, 0.1) is 0 Å². The molecule has 19 heavy (non-hydrogen) atoms. The van der Waals surface area contributed by atoms with E-state index in [1.165, 1.54) is 0 Å². The molecule has 0 atom stereocenters. The number of rotatable bonds is 5. The number of halogens is 1. The Kier molecular flexibility index (Phi) is 5.33. The maximum absolute atomic E-state index is 12.2. The Morgan fingerprint density at radius 3 is 2.11 bits per heavy atom. The Labute approximate surface area is 120 Å². The molecule has 5 nitrogen and oxygen atoms in total. The van der Waals surface area contributed by atoms with E-state index in [2.05, 4.69) is 21.2 Å². The molecule has 0 bridgehead atoms.